The molecule has 4 nitrogen and oxygen atoms in total. The summed E-state index contributed by atoms with van der Waals surface area (Å²) in [5.41, 5.74) is 2.25. The van der Waals surface area contributed by atoms with Crippen molar-refractivity contribution in [2.75, 3.05) is 6.61 Å². The third kappa shape index (κ3) is 3.41. The van der Waals surface area contributed by atoms with Gasteiger partial charge in [0.15, 0.2) is 0 Å². The minimum absolute atomic E-state index is 0.103. The molecule has 0 saturated carbocycles. The molecule has 1 heterocycles. The fourth-order valence-corrected chi connectivity index (χ4v) is 4.31. The first-order valence-corrected chi connectivity index (χ1v) is 9.66. The van der Waals surface area contributed by atoms with E-state index < -0.39 is 0 Å². The number of hydrogen-bond donors (Lipinski definition) is 1. The van der Waals surface area contributed by atoms with Crippen LogP contribution in [0.25, 0.3) is 10.9 Å². The average molecular weight is 420 g/mol. The van der Waals surface area contributed by atoms with Crippen LogP contribution < -0.4 is 0 Å². The molecule has 3 aromatic rings. The first-order chi connectivity index (χ1) is 12.0. The number of hydrogen-bond acceptors (Lipinski definition) is 4. The van der Waals surface area contributed by atoms with E-state index in [9.17, 15) is 9.90 Å². The van der Waals surface area contributed by atoms with E-state index in [-0.39, 0.29) is 11.7 Å². The summed E-state index contributed by atoms with van der Waals surface area (Å²) in [5, 5.41) is 10.7. The number of carbonyl (C=O) groups is 1. The number of aryl methyl sites for hydroxylation is 1. The minimum Gasteiger partial charge on any atom is -0.507 e. The van der Waals surface area contributed by atoms with Gasteiger partial charge in [-0.2, -0.15) is 0 Å². The normalized spacial score (nSPS) is 11.0. The molecule has 0 saturated heterocycles. The van der Waals surface area contributed by atoms with Gasteiger partial charge in [-0.05, 0) is 47.1 Å². The summed E-state index contributed by atoms with van der Waals surface area (Å²) in [4.78, 5) is 13.7. The van der Waals surface area contributed by atoms with Crippen LogP contribution in [0.5, 0.6) is 5.75 Å². The molecule has 0 aliphatic carbocycles. The fourth-order valence-electron chi connectivity index (χ4n) is 2.79. The predicted octanol–water partition coefficient (Wildman–Crippen LogP) is 5.12. The van der Waals surface area contributed by atoms with Gasteiger partial charge >= 0.3 is 5.97 Å². The van der Waals surface area contributed by atoms with Gasteiger partial charge in [0.1, 0.15) is 5.75 Å². The van der Waals surface area contributed by atoms with Gasteiger partial charge in [-0.3, -0.25) is 0 Å². The number of aromatic nitrogens is 1. The number of fused-ring (bicyclic) bond motifs is 1. The highest BCUT2D eigenvalue weighted by atomic mass is 79.9. The Hall–Kier alpha value is -1.92. The third-order valence-electron chi connectivity index (χ3n) is 4.00. The summed E-state index contributed by atoms with van der Waals surface area (Å²) in [7, 11) is 1.93. The lowest BCUT2D eigenvalue weighted by atomic mass is 10.1. The largest absolute Gasteiger partial charge is 0.507 e. The molecule has 1 N–H and O–H groups in total. The highest BCUT2D eigenvalue weighted by Gasteiger charge is 2.25. The molecular formula is C19H18BrNO3S. The number of halogens is 1. The standard InChI is InChI=1S/C19H18BrNO3S/c1-3-24-19(23)17-14(11-25-12-7-5-4-6-8-12)21(2)13-9-10-15(22)18(20)16(13)17/h4-10,22H,3,11H2,1-2H3. The number of phenols is 1. The van der Waals surface area contributed by atoms with E-state index >= 15 is 0 Å². The number of benzene rings is 2. The number of esters is 1. The van der Waals surface area contributed by atoms with Crippen molar-refractivity contribution in [3.63, 3.8) is 0 Å². The van der Waals surface area contributed by atoms with Crippen LogP contribution in [0.4, 0.5) is 0 Å². The lowest BCUT2D eigenvalue weighted by Gasteiger charge is -2.08. The van der Waals surface area contributed by atoms with E-state index in [4.69, 9.17) is 4.74 Å². The first kappa shape index (κ1) is 17.9. The van der Waals surface area contributed by atoms with Gasteiger partial charge in [0.2, 0.25) is 0 Å². The SMILES string of the molecule is CCOC(=O)c1c(CSc2ccccc2)n(C)c2ccc(O)c(Br)c12. The highest BCUT2D eigenvalue weighted by Crippen LogP contribution is 2.39. The molecule has 2 aromatic carbocycles. The number of rotatable bonds is 5. The van der Waals surface area contributed by atoms with Crippen LogP contribution in [0.15, 0.2) is 51.8 Å². The van der Waals surface area contributed by atoms with Gasteiger partial charge in [-0.1, -0.05) is 18.2 Å². The van der Waals surface area contributed by atoms with Crippen LogP contribution in [0.3, 0.4) is 0 Å². The Bertz CT molecular complexity index is 922. The maximum Gasteiger partial charge on any atom is 0.340 e. The van der Waals surface area contributed by atoms with Crippen molar-refractivity contribution in [1.82, 2.24) is 4.57 Å². The van der Waals surface area contributed by atoms with Crippen LogP contribution in [0.1, 0.15) is 23.0 Å². The molecule has 0 aliphatic rings. The quantitative estimate of drug-likeness (QED) is 0.460. The van der Waals surface area contributed by atoms with Crippen molar-refractivity contribution in [1.29, 1.82) is 0 Å². The van der Waals surface area contributed by atoms with Crippen molar-refractivity contribution >= 4 is 44.6 Å². The molecule has 0 aliphatic heterocycles. The summed E-state index contributed by atoms with van der Waals surface area (Å²) < 4.78 is 7.77. The first-order valence-electron chi connectivity index (χ1n) is 7.88. The van der Waals surface area contributed by atoms with Crippen LogP contribution in [-0.2, 0) is 17.5 Å². The molecule has 0 bridgehead atoms. The second kappa shape index (κ2) is 7.54. The van der Waals surface area contributed by atoms with Crippen LogP contribution >= 0.6 is 27.7 Å². The topological polar surface area (TPSA) is 51.5 Å². The molecule has 130 valence electrons. The van der Waals surface area contributed by atoms with Crippen LogP contribution in [0.2, 0.25) is 0 Å². The zero-order valence-electron chi connectivity index (χ0n) is 14.0. The van der Waals surface area contributed by atoms with Crippen molar-refractivity contribution in [2.24, 2.45) is 7.05 Å². The summed E-state index contributed by atoms with van der Waals surface area (Å²) >= 11 is 5.07. The molecule has 25 heavy (non-hydrogen) atoms. The predicted molar refractivity (Wildman–Crippen MR) is 104 cm³/mol. The molecule has 1 aromatic heterocycles. The Morgan fingerprint density at radius 2 is 1.96 bits per heavy atom. The maximum atomic E-state index is 12.6. The van der Waals surface area contributed by atoms with Crippen molar-refractivity contribution in [3.05, 3.63) is 58.2 Å². The maximum absolute atomic E-state index is 12.6. The van der Waals surface area contributed by atoms with E-state index in [2.05, 4.69) is 15.9 Å². The smallest absolute Gasteiger partial charge is 0.340 e. The minimum atomic E-state index is -0.372. The van der Waals surface area contributed by atoms with Crippen molar-refractivity contribution in [2.45, 2.75) is 17.6 Å². The second-order valence-electron chi connectivity index (χ2n) is 5.50. The van der Waals surface area contributed by atoms with Gasteiger partial charge in [0, 0.05) is 28.8 Å². The molecular weight excluding hydrogens is 402 g/mol. The lowest BCUT2D eigenvalue weighted by Crippen LogP contribution is -2.08. The average Bonchev–Trinajstić information content (AvgIpc) is 2.90. The van der Waals surface area contributed by atoms with Gasteiger partial charge in [-0.15, -0.1) is 11.8 Å². The second-order valence-corrected chi connectivity index (χ2v) is 7.34. The van der Waals surface area contributed by atoms with Gasteiger partial charge in [-0.25, -0.2) is 4.79 Å². The molecule has 0 spiro atoms. The Kier molecular flexibility index (Phi) is 5.39. The molecule has 6 heteroatoms. The van der Waals surface area contributed by atoms with Crippen LogP contribution in [0, 0.1) is 0 Å². The number of ether oxygens (including phenoxy) is 1. The van der Waals surface area contributed by atoms with Crippen molar-refractivity contribution in [3.8, 4) is 5.75 Å². The molecule has 0 amide bonds. The summed E-state index contributed by atoms with van der Waals surface area (Å²) in [5.74, 6) is 0.352. The number of aromatic hydroxyl groups is 1. The van der Waals surface area contributed by atoms with E-state index in [1.54, 1.807) is 24.8 Å². The number of nitrogens with zero attached hydrogens (tertiary/aromatic N) is 1. The van der Waals surface area contributed by atoms with E-state index in [0.717, 1.165) is 16.1 Å². The van der Waals surface area contributed by atoms with E-state index in [0.29, 0.717) is 27.8 Å². The molecule has 0 unspecified atom stereocenters. The summed E-state index contributed by atoms with van der Waals surface area (Å²) in [6.07, 6.45) is 0. The molecule has 0 radical (unpaired) electrons. The number of thioether (sulfide) groups is 1. The fraction of sp³-hybridized carbons (Fsp3) is 0.211. The summed E-state index contributed by atoms with van der Waals surface area (Å²) in [6, 6.07) is 13.5. The zero-order valence-corrected chi connectivity index (χ0v) is 16.4. The zero-order chi connectivity index (χ0) is 18.0. The van der Waals surface area contributed by atoms with E-state index in [1.807, 2.05) is 48.0 Å². The van der Waals surface area contributed by atoms with Crippen LogP contribution in [-0.4, -0.2) is 22.2 Å². The van der Waals surface area contributed by atoms with Gasteiger partial charge < -0.3 is 14.4 Å². The Morgan fingerprint density at radius 3 is 2.64 bits per heavy atom. The molecule has 0 atom stereocenters. The van der Waals surface area contributed by atoms with E-state index in [1.165, 1.54) is 0 Å². The van der Waals surface area contributed by atoms with Gasteiger partial charge in [0.25, 0.3) is 0 Å². The van der Waals surface area contributed by atoms with Crippen molar-refractivity contribution < 1.29 is 14.6 Å². The third-order valence-corrected chi connectivity index (χ3v) is 5.83. The Morgan fingerprint density at radius 1 is 1.24 bits per heavy atom. The monoisotopic (exact) mass is 419 g/mol. The lowest BCUT2D eigenvalue weighted by molar-refractivity contribution is 0.0527. The molecule has 3 rings (SSSR count). The van der Waals surface area contributed by atoms with Gasteiger partial charge in [0.05, 0.1) is 22.2 Å². The number of phenolic OH excluding ortho intramolecular Hbond substituents is 1. The summed E-state index contributed by atoms with van der Waals surface area (Å²) in [6.45, 7) is 2.09. The highest BCUT2D eigenvalue weighted by molar-refractivity contribution is 9.10. The molecule has 0 fully saturated rings. The Labute approximate surface area is 158 Å². The Balaban J connectivity index is 2.12. The number of carbonyl (C=O) groups excluding carboxylic acids is 1.